The van der Waals surface area contributed by atoms with Gasteiger partial charge in [0.05, 0.1) is 0 Å². The summed E-state index contributed by atoms with van der Waals surface area (Å²) in [4.78, 5) is 0. The van der Waals surface area contributed by atoms with Crippen LogP contribution in [0.3, 0.4) is 0 Å². The zero-order valence-corrected chi connectivity index (χ0v) is 6.02. The fraction of sp³-hybridized carbons (Fsp3) is 0.333. The Labute approximate surface area is 60.5 Å². The third kappa shape index (κ3) is 3.96. The summed E-state index contributed by atoms with van der Waals surface area (Å²) in [6.45, 7) is -0.260. The fourth-order valence-corrected chi connectivity index (χ4v) is 0.803. The largest absolute Gasteiger partial charge is 0.279 e. The molecule has 0 aromatic heterocycles. The highest BCUT2D eigenvalue weighted by molar-refractivity contribution is 7.86. The highest BCUT2D eigenvalue weighted by atomic mass is 32.2. The van der Waals surface area contributed by atoms with Gasteiger partial charge in [0.15, 0.2) is 0 Å². The maximum atomic E-state index is 10.5. The molecule has 54 valence electrons. The number of hydrogen-bond donors (Lipinski definition) is 0. The standard InChI is InChI=1S/C6H6O3S/c1-3-5-9-10(7,8)6-4-2/h1-2H,5-6H2. The van der Waals surface area contributed by atoms with E-state index in [9.17, 15) is 8.42 Å². The van der Waals surface area contributed by atoms with Crippen LogP contribution in [0.4, 0.5) is 0 Å². The molecule has 0 atom stereocenters. The van der Waals surface area contributed by atoms with E-state index in [1.165, 1.54) is 0 Å². The first-order valence-electron chi connectivity index (χ1n) is 2.36. The molecule has 0 bridgehead atoms. The molecule has 4 heteroatoms. The van der Waals surface area contributed by atoms with Gasteiger partial charge in [-0.05, 0) is 0 Å². The molecular weight excluding hydrogens is 152 g/mol. The van der Waals surface area contributed by atoms with Crippen molar-refractivity contribution in [2.45, 2.75) is 0 Å². The summed E-state index contributed by atoms with van der Waals surface area (Å²) in [6.07, 6.45) is 9.47. The molecule has 0 spiro atoms. The normalized spacial score (nSPS) is 9.80. The van der Waals surface area contributed by atoms with E-state index in [1.807, 2.05) is 11.8 Å². The van der Waals surface area contributed by atoms with Crippen LogP contribution in [0.1, 0.15) is 0 Å². The van der Waals surface area contributed by atoms with Crippen molar-refractivity contribution in [3.8, 4) is 24.7 Å². The highest BCUT2D eigenvalue weighted by Gasteiger charge is 2.06. The second-order valence-electron chi connectivity index (χ2n) is 1.37. The minimum Gasteiger partial charge on any atom is -0.256 e. The van der Waals surface area contributed by atoms with E-state index in [0.717, 1.165) is 0 Å². The van der Waals surface area contributed by atoms with E-state index in [4.69, 9.17) is 12.8 Å². The van der Waals surface area contributed by atoms with E-state index in [-0.39, 0.29) is 6.61 Å². The summed E-state index contributed by atoms with van der Waals surface area (Å²) in [5.74, 6) is 3.51. The highest BCUT2D eigenvalue weighted by Crippen LogP contribution is 1.89. The maximum absolute atomic E-state index is 10.5. The minimum absolute atomic E-state index is 0.260. The third-order valence-electron chi connectivity index (χ3n) is 0.582. The van der Waals surface area contributed by atoms with E-state index in [2.05, 4.69) is 4.18 Å². The summed E-state index contributed by atoms with van der Waals surface area (Å²) in [7, 11) is -3.57. The van der Waals surface area contributed by atoms with Crippen molar-refractivity contribution in [3.05, 3.63) is 0 Å². The molecule has 0 saturated carbocycles. The second-order valence-corrected chi connectivity index (χ2v) is 3.01. The van der Waals surface area contributed by atoms with Gasteiger partial charge in [0.2, 0.25) is 0 Å². The molecule has 0 saturated heterocycles. The molecule has 0 unspecified atom stereocenters. The minimum atomic E-state index is -3.57. The van der Waals surface area contributed by atoms with Crippen LogP contribution < -0.4 is 0 Å². The maximum Gasteiger partial charge on any atom is 0.279 e. The smallest absolute Gasteiger partial charge is 0.256 e. The van der Waals surface area contributed by atoms with Gasteiger partial charge in [0.1, 0.15) is 12.4 Å². The Kier molecular flexibility index (Phi) is 3.56. The van der Waals surface area contributed by atoms with Crippen molar-refractivity contribution in [2.24, 2.45) is 0 Å². The molecule has 0 aromatic rings. The Morgan fingerprint density at radius 1 is 1.30 bits per heavy atom. The molecule has 0 aliphatic rings. The van der Waals surface area contributed by atoms with Crippen LogP contribution in [0.5, 0.6) is 0 Å². The summed E-state index contributed by atoms with van der Waals surface area (Å²) < 4.78 is 25.3. The Bertz CT molecular complexity index is 262. The van der Waals surface area contributed by atoms with Crippen molar-refractivity contribution >= 4 is 10.1 Å². The molecule has 0 rings (SSSR count). The van der Waals surface area contributed by atoms with Gasteiger partial charge in [-0.25, -0.2) is 0 Å². The molecule has 0 heterocycles. The van der Waals surface area contributed by atoms with Crippen molar-refractivity contribution in [3.63, 3.8) is 0 Å². The van der Waals surface area contributed by atoms with Gasteiger partial charge < -0.3 is 0 Å². The first-order valence-corrected chi connectivity index (χ1v) is 3.94. The number of hydrogen-bond acceptors (Lipinski definition) is 3. The molecule has 0 aromatic carbocycles. The Morgan fingerprint density at radius 2 is 1.90 bits per heavy atom. The molecule has 10 heavy (non-hydrogen) atoms. The monoisotopic (exact) mass is 158 g/mol. The number of terminal acetylenes is 2. The van der Waals surface area contributed by atoms with Crippen LogP contribution in [0.25, 0.3) is 0 Å². The third-order valence-corrected chi connectivity index (χ3v) is 1.58. The van der Waals surface area contributed by atoms with E-state index < -0.39 is 15.9 Å². The van der Waals surface area contributed by atoms with Crippen LogP contribution >= 0.6 is 0 Å². The van der Waals surface area contributed by atoms with Gasteiger partial charge in [-0.15, -0.1) is 12.8 Å². The summed E-state index contributed by atoms with van der Waals surface area (Å²) in [6, 6.07) is 0. The zero-order chi connectivity index (χ0) is 8.04. The molecule has 0 radical (unpaired) electrons. The van der Waals surface area contributed by atoms with Crippen molar-refractivity contribution in [1.29, 1.82) is 0 Å². The Balaban J connectivity index is 3.95. The molecule has 0 aliphatic heterocycles. The molecule has 0 fully saturated rings. The number of rotatable bonds is 3. The van der Waals surface area contributed by atoms with Gasteiger partial charge in [-0.1, -0.05) is 11.8 Å². The van der Waals surface area contributed by atoms with E-state index >= 15 is 0 Å². The lowest BCUT2D eigenvalue weighted by Gasteiger charge is -1.95. The van der Waals surface area contributed by atoms with Crippen molar-refractivity contribution in [1.82, 2.24) is 0 Å². The van der Waals surface area contributed by atoms with Gasteiger partial charge in [0, 0.05) is 0 Å². The van der Waals surface area contributed by atoms with Crippen molar-refractivity contribution in [2.75, 3.05) is 12.4 Å². The quantitative estimate of drug-likeness (QED) is 0.414. The SMILES string of the molecule is C#CCOS(=O)(=O)CC#C. The topological polar surface area (TPSA) is 43.4 Å². The lowest BCUT2D eigenvalue weighted by Crippen LogP contribution is -2.08. The van der Waals surface area contributed by atoms with E-state index in [0.29, 0.717) is 0 Å². The molecule has 3 nitrogen and oxygen atoms in total. The second kappa shape index (κ2) is 3.94. The summed E-state index contributed by atoms with van der Waals surface area (Å²) in [5.41, 5.74) is 0. The predicted molar refractivity (Wildman–Crippen MR) is 37.4 cm³/mol. The van der Waals surface area contributed by atoms with Gasteiger partial charge >= 0.3 is 0 Å². The van der Waals surface area contributed by atoms with Crippen molar-refractivity contribution < 1.29 is 12.6 Å². The molecular formula is C6H6O3S. The van der Waals surface area contributed by atoms with Crippen LogP contribution in [0, 0.1) is 24.7 Å². The molecule has 0 amide bonds. The first-order chi connectivity index (χ1) is 4.62. The van der Waals surface area contributed by atoms with Crippen LogP contribution in [0.15, 0.2) is 0 Å². The lowest BCUT2D eigenvalue weighted by molar-refractivity contribution is 0.366. The predicted octanol–water partition coefficient (Wildman–Crippen LogP) is -0.401. The Morgan fingerprint density at radius 3 is 2.30 bits per heavy atom. The van der Waals surface area contributed by atoms with E-state index in [1.54, 1.807) is 0 Å². The van der Waals surface area contributed by atoms with Crippen LogP contribution in [-0.2, 0) is 14.3 Å². The van der Waals surface area contributed by atoms with Gasteiger partial charge in [-0.3, -0.25) is 4.18 Å². The average Bonchev–Trinajstić information content (AvgIpc) is 1.84. The van der Waals surface area contributed by atoms with Crippen LogP contribution in [0.2, 0.25) is 0 Å². The van der Waals surface area contributed by atoms with Crippen LogP contribution in [-0.4, -0.2) is 20.8 Å². The first kappa shape index (κ1) is 9.03. The average molecular weight is 158 g/mol. The fourth-order valence-electron chi connectivity index (χ4n) is 0.268. The lowest BCUT2D eigenvalue weighted by atomic mass is 10.8. The van der Waals surface area contributed by atoms with Gasteiger partial charge in [0.25, 0.3) is 10.1 Å². The summed E-state index contributed by atoms with van der Waals surface area (Å²) in [5, 5.41) is 0. The summed E-state index contributed by atoms with van der Waals surface area (Å²) >= 11 is 0. The Hall–Kier alpha value is -0.970. The molecule has 0 aliphatic carbocycles. The van der Waals surface area contributed by atoms with Gasteiger partial charge in [-0.2, -0.15) is 8.42 Å². The molecule has 0 N–H and O–H groups in total. The zero-order valence-electron chi connectivity index (χ0n) is 5.20.